The summed E-state index contributed by atoms with van der Waals surface area (Å²) in [6.07, 6.45) is 0.455. The fourth-order valence-electron chi connectivity index (χ4n) is 3.80. The zero-order chi connectivity index (χ0) is 23.3. The number of nitrogens with one attached hydrogen (secondary N) is 1. The third-order valence-corrected chi connectivity index (χ3v) is 5.55. The molecule has 0 saturated carbocycles. The molecular weight excluding hydrogens is 406 g/mol. The van der Waals surface area contributed by atoms with Crippen LogP contribution in [0.4, 0.5) is 17.1 Å². The van der Waals surface area contributed by atoms with Gasteiger partial charge in [-0.3, -0.25) is 19.3 Å². The Bertz CT molecular complexity index is 983. The van der Waals surface area contributed by atoms with Crippen LogP contribution in [0.3, 0.4) is 0 Å². The number of rotatable bonds is 9. The molecule has 170 valence electrons. The van der Waals surface area contributed by atoms with Crippen LogP contribution in [0.2, 0.25) is 0 Å². The first-order chi connectivity index (χ1) is 15.4. The summed E-state index contributed by atoms with van der Waals surface area (Å²) < 4.78 is 5.69. The molecule has 1 aliphatic heterocycles. The Labute approximate surface area is 189 Å². The molecule has 1 heterocycles. The number of benzene rings is 2. The molecule has 1 atom stereocenters. The van der Waals surface area contributed by atoms with Crippen molar-refractivity contribution >= 4 is 34.7 Å². The number of ketones is 1. The number of carbonyl (C=O) groups is 3. The summed E-state index contributed by atoms with van der Waals surface area (Å²) in [5, 5.41) is 2.86. The molecule has 0 fully saturated rings. The van der Waals surface area contributed by atoms with Crippen LogP contribution < -0.4 is 19.9 Å². The van der Waals surface area contributed by atoms with Gasteiger partial charge < -0.3 is 15.0 Å². The monoisotopic (exact) mass is 437 g/mol. The van der Waals surface area contributed by atoms with Gasteiger partial charge in [0.05, 0.1) is 5.69 Å². The van der Waals surface area contributed by atoms with Crippen LogP contribution in [0.15, 0.2) is 42.5 Å². The number of hydrogen-bond acceptors (Lipinski definition) is 5. The third kappa shape index (κ3) is 5.10. The molecular formula is C25H31N3O4. The van der Waals surface area contributed by atoms with Gasteiger partial charge in [0.25, 0.3) is 5.91 Å². The number of fused-ring (bicyclic) bond motifs is 1. The minimum Gasteiger partial charge on any atom is -0.479 e. The van der Waals surface area contributed by atoms with Crippen LogP contribution in [0.5, 0.6) is 5.75 Å². The third-order valence-electron chi connectivity index (χ3n) is 5.55. The first-order valence-corrected chi connectivity index (χ1v) is 11.2. The number of anilines is 3. The highest BCUT2D eigenvalue weighted by Crippen LogP contribution is 2.35. The van der Waals surface area contributed by atoms with Gasteiger partial charge in [-0.1, -0.05) is 6.92 Å². The molecule has 3 rings (SSSR count). The molecule has 0 spiro atoms. The lowest BCUT2D eigenvalue weighted by Gasteiger charge is -2.32. The van der Waals surface area contributed by atoms with E-state index in [2.05, 4.69) is 24.1 Å². The fraction of sp³-hybridized carbons (Fsp3) is 0.400. The molecule has 7 nitrogen and oxygen atoms in total. The van der Waals surface area contributed by atoms with E-state index in [1.165, 1.54) is 4.90 Å². The molecule has 1 N–H and O–H groups in total. The molecule has 7 heteroatoms. The van der Waals surface area contributed by atoms with E-state index in [0.717, 1.165) is 25.2 Å². The van der Waals surface area contributed by atoms with Crippen molar-refractivity contribution in [2.24, 2.45) is 0 Å². The molecule has 0 radical (unpaired) electrons. The van der Waals surface area contributed by atoms with Crippen molar-refractivity contribution in [3.05, 3.63) is 48.0 Å². The lowest BCUT2D eigenvalue weighted by atomic mass is 10.0. The highest BCUT2D eigenvalue weighted by atomic mass is 16.5. The molecule has 2 aromatic rings. The van der Waals surface area contributed by atoms with Crippen molar-refractivity contribution in [3.63, 3.8) is 0 Å². The molecule has 0 aromatic heterocycles. The molecule has 1 aliphatic rings. The average Bonchev–Trinajstić information content (AvgIpc) is 2.78. The summed E-state index contributed by atoms with van der Waals surface area (Å²) in [5.74, 6) is -0.149. The largest absolute Gasteiger partial charge is 0.479 e. The lowest BCUT2D eigenvalue weighted by Crippen LogP contribution is -2.47. The van der Waals surface area contributed by atoms with E-state index in [-0.39, 0.29) is 24.1 Å². The minimum atomic E-state index is -0.708. The van der Waals surface area contributed by atoms with Crippen molar-refractivity contribution in [3.8, 4) is 5.75 Å². The Kier molecular flexibility index (Phi) is 7.51. The van der Waals surface area contributed by atoms with Crippen LogP contribution in [-0.2, 0) is 9.59 Å². The van der Waals surface area contributed by atoms with Crippen molar-refractivity contribution < 1.29 is 19.1 Å². The molecule has 0 saturated heterocycles. The second kappa shape index (κ2) is 10.3. The number of carbonyl (C=O) groups excluding carboxylic acids is 3. The van der Waals surface area contributed by atoms with Gasteiger partial charge in [0.2, 0.25) is 5.91 Å². The van der Waals surface area contributed by atoms with Gasteiger partial charge in [0.1, 0.15) is 12.3 Å². The Hall–Kier alpha value is -3.35. The second-order valence-electron chi connectivity index (χ2n) is 7.81. The van der Waals surface area contributed by atoms with Gasteiger partial charge >= 0.3 is 0 Å². The highest BCUT2D eigenvalue weighted by molar-refractivity contribution is 6.07. The van der Waals surface area contributed by atoms with Crippen LogP contribution in [-0.4, -0.2) is 43.3 Å². The first-order valence-electron chi connectivity index (χ1n) is 11.2. The lowest BCUT2D eigenvalue weighted by molar-refractivity contribution is -0.127. The van der Waals surface area contributed by atoms with Crippen molar-refractivity contribution in [2.45, 2.75) is 46.6 Å². The minimum absolute atomic E-state index is 0.000866. The zero-order valence-electron chi connectivity index (χ0n) is 19.2. The van der Waals surface area contributed by atoms with E-state index < -0.39 is 6.10 Å². The highest BCUT2D eigenvalue weighted by Gasteiger charge is 2.33. The van der Waals surface area contributed by atoms with E-state index in [4.69, 9.17) is 4.74 Å². The molecule has 0 aliphatic carbocycles. The van der Waals surface area contributed by atoms with Gasteiger partial charge in [-0.2, -0.15) is 0 Å². The number of Topliss-reactive ketones (excluding diaryl/α,β-unsaturated/α-hetero) is 1. The smallest absolute Gasteiger partial charge is 0.268 e. The van der Waals surface area contributed by atoms with Gasteiger partial charge in [-0.05, 0) is 69.7 Å². The summed E-state index contributed by atoms with van der Waals surface area (Å²) in [6, 6.07) is 12.7. The topological polar surface area (TPSA) is 79.0 Å². The summed E-state index contributed by atoms with van der Waals surface area (Å²) in [5.41, 5.74) is 2.70. The SMILES string of the molecule is CCCC(=O)c1ccc2c(c1)N(CC(=O)Nc1ccc(N(CC)CC)cc1)C(=O)C(C)O2. The molecule has 32 heavy (non-hydrogen) atoms. The predicted octanol–water partition coefficient (Wildman–Crippen LogP) is 4.27. The average molecular weight is 438 g/mol. The number of ether oxygens (including phenoxy) is 1. The maximum atomic E-state index is 12.8. The normalized spacial score (nSPS) is 15.1. The predicted molar refractivity (Wildman–Crippen MR) is 127 cm³/mol. The number of hydrogen-bond donors (Lipinski definition) is 1. The Morgan fingerprint density at radius 1 is 1.06 bits per heavy atom. The summed E-state index contributed by atoms with van der Waals surface area (Å²) >= 11 is 0. The zero-order valence-corrected chi connectivity index (χ0v) is 19.2. The second-order valence-corrected chi connectivity index (χ2v) is 7.81. The first kappa shape index (κ1) is 23.3. The summed E-state index contributed by atoms with van der Waals surface area (Å²) in [7, 11) is 0. The molecule has 2 amide bonds. The Morgan fingerprint density at radius 3 is 2.38 bits per heavy atom. The van der Waals surface area contributed by atoms with E-state index in [1.54, 1.807) is 25.1 Å². The molecule has 1 unspecified atom stereocenters. The van der Waals surface area contributed by atoms with E-state index in [9.17, 15) is 14.4 Å². The number of nitrogens with zero attached hydrogens (tertiary/aromatic N) is 2. The van der Waals surface area contributed by atoms with Crippen LogP contribution >= 0.6 is 0 Å². The fourth-order valence-corrected chi connectivity index (χ4v) is 3.80. The molecule has 0 bridgehead atoms. The summed E-state index contributed by atoms with van der Waals surface area (Å²) in [6.45, 7) is 9.43. The van der Waals surface area contributed by atoms with Gasteiger partial charge in [0.15, 0.2) is 11.9 Å². The van der Waals surface area contributed by atoms with Crippen LogP contribution in [0.25, 0.3) is 0 Å². The maximum absolute atomic E-state index is 12.8. The van der Waals surface area contributed by atoms with Crippen LogP contribution in [0.1, 0.15) is 50.9 Å². The van der Waals surface area contributed by atoms with Crippen molar-refractivity contribution in [1.82, 2.24) is 0 Å². The quantitative estimate of drug-likeness (QED) is 0.593. The Balaban J connectivity index is 1.77. The Morgan fingerprint density at radius 2 is 1.75 bits per heavy atom. The van der Waals surface area contributed by atoms with Gasteiger partial charge in [0, 0.05) is 36.4 Å². The molecule has 2 aromatic carbocycles. The van der Waals surface area contributed by atoms with Crippen molar-refractivity contribution in [2.75, 3.05) is 34.8 Å². The van der Waals surface area contributed by atoms with Crippen molar-refractivity contribution in [1.29, 1.82) is 0 Å². The van der Waals surface area contributed by atoms with E-state index >= 15 is 0 Å². The standard InChI is InChI=1S/C25H31N3O4/c1-5-8-22(29)18-9-14-23-21(15-18)28(25(31)17(4)32-23)16-24(30)26-19-10-12-20(13-11-19)27(6-2)7-3/h9-15,17H,5-8,16H2,1-4H3,(H,26,30). The van der Waals surface area contributed by atoms with Crippen LogP contribution in [0, 0.1) is 0 Å². The number of amides is 2. The van der Waals surface area contributed by atoms with E-state index in [1.807, 2.05) is 31.2 Å². The maximum Gasteiger partial charge on any atom is 0.268 e. The van der Waals surface area contributed by atoms with Gasteiger partial charge in [-0.25, -0.2) is 0 Å². The van der Waals surface area contributed by atoms with E-state index in [0.29, 0.717) is 29.1 Å². The van der Waals surface area contributed by atoms with Gasteiger partial charge in [-0.15, -0.1) is 0 Å². The summed E-state index contributed by atoms with van der Waals surface area (Å²) in [4.78, 5) is 41.5.